The van der Waals surface area contributed by atoms with Crippen molar-refractivity contribution in [1.82, 2.24) is 0 Å². The van der Waals surface area contributed by atoms with Gasteiger partial charge in [0.15, 0.2) is 0 Å². The van der Waals surface area contributed by atoms with E-state index in [1.165, 1.54) is 61.2 Å². The van der Waals surface area contributed by atoms with Crippen LogP contribution in [0, 0.1) is 0 Å². The first-order chi connectivity index (χ1) is 10.5. The fourth-order valence-electron chi connectivity index (χ4n) is 3.00. The number of hydrogen-bond acceptors (Lipinski definition) is 0. The van der Waals surface area contributed by atoms with Crippen LogP contribution in [-0.4, -0.2) is 14.1 Å². The van der Waals surface area contributed by atoms with Crippen molar-refractivity contribution in [3.05, 3.63) is 35.4 Å². The topological polar surface area (TPSA) is 0 Å². The zero-order valence-corrected chi connectivity index (χ0v) is 15.0. The molecule has 0 aromatic heterocycles. The van der Waals surface area contributed by atoms with Crippen LogP contribution in [-0.2, 0) is 11.5 Å². The summed E-state index contributed by atoms with van der Waals surface area (Å²) >= 11 is -1.12. The molecule has 0 unspecified atom stereocenters. The van der Waals surface area contributed by atoms with Gasteiger partial charge in [-0.2, -0.15) is 13.2 Å². The normalized spacial score (nSPS) is 11.7. The highest BCUT2D eigenvalue weighted by molar-refractivity contribution is 6.58. The number of benzene rings is 1. The molecule has 0 N–H and O–H groups in total. The number of hydrogen-bond donors (Lipinski definition) is 0. The molecule has 1 aromatic rings. The first-order valence-corrected chi connectivity index (χ1v) is 11.1. The summed E-state index contributed by atoms with van der Waals surface area (Å²) in [4.78, 5) is 0. The average Bonchev–Trinajstić information content (AvgIpc) is 2.47. The van der Waals surface area contributed by atoms with Gasteiger partial charge in [-0.1, -0.05) is 86.4 Å². The Morgan fingerprint density at radius 3 is 1.91 bits per heavy atom. The van der Waals surface area contributed by atoms with E-state index in [4.69, 9.17) is 0 Å². The Bertz CT molecular complexity index is 405. The van der Waals surface area contributed by atoms with Crippen molar-refractivity contribution >= 4 is 14.1 Å². The summed E-state index contributed by atoms with van der Waals surface area (Å²) in [7, 11) is 0. The Labute approximate surface area is 137 Å². The highest BCUT2D eigenvalue weighted by Crippen LogP contribution is 2.33. The van der Waals surface area contributed by atoms with Crippen molar-refractivity contribution in [3.8, 4) is 0 Å². The van der Waals surface area contributed by atoms with Crippen molar-refractivity contribution in [2.45, 2.75) is 74.4 Å². The van der Waals surface area contributed by atoms with E-state index in [2.05, 4.69) is 13.8 Å². The molecule has 0 bridgehead atoms. The molecule has 1 aromatic carbocycles. The van der Waals surface area contributed by atoms with Crippen molar-refractivity contribution < 1.29 is 13.2 Å². The van der Waals surface area contributed by atoms with Gasteiger partial charge in [0.1, 0.15) is 0 Å². The van der Waals surface area contributed by atoms with Crippen molar-refractivity contribution in [1.29, 1.82) is 0 Å². The molecule has 0 atom stereocenters. The molecule has 124 valence electrons. The minimum atomic E-state index is -4.22. The van der Waals surface area contributed by atoms with Crippen LogP contribution in [0.25, 0.3) is 0 Å². The molecule has 0 amide bonds. The summed E-state index contributed by atoms with van der Waals surface area (Å²) in [5.74, 6) is 0. The fraction of sp³-hybridized carbons (Fsp3) is 0.667. The molecule has 0 heterocycles. The Balaban J connectivity index is 2.75. The summed E-state index contributed by atoms with van der Waals surface area (Å²) in [5.41, 5.74) is 0.109. The van der Waals surface area contributed by atoms with Gasteiger partial charge in [0.25, 0.3) is 14.1 Å². The van der Waals surface area contributed by atoms with Crippen molar-refractivity contribution in [2.24, 2.45) is 0 Å². The average molecular weight is 328 g/mol. The lowest BCUT2D eigenvalue weighted by molar-refractivity contribution is -0.138. The molecule has 0 saturated carbocycles. The third kappa shape index (κ3) is 7.20. The molecule has 0 nitrogen and oxygen atoms in total. The van der Waals surface area contributed by atoms with Crippen LogP contribution < -0.4 is 0 Å². The minimum Gasteiger partial charge on any atom is -0.166 e. The van der Waals surface area contributed by atoms with E-state index in [0.717, 1.165) is 0 Å². The van der Waals surface area contributed by atoms with Gasteiger partial charge in [-0.25, -0.2) is 0 Å². The number of alkyl halides is 3. The SMILES string of the molecule is CCCC[CH2][Al]([CH2]CCCC)[CH2]c1ccccc1C(F)(F)F. The third-order valence-corrected chi connectivity index (χ3v) is 7.73. The van der Waals surface area contributed by atoms with Crippen LogP contribution in [0.1, 0.15) is 63.5 Å². The van der Waals surface area contributed by atoms with Crippen LogP contribution in [0.5, 0.6) is 0 Å². The molecular formula is C18H28AlF3. The van der Waals surface area contributed by atoms with Gasteiger partial charge in [-0.3, -0.25) is 0 Å². The lowest BCUT2D eigenvalue weighted by Crippen LogP contribution is -2.19. The number of halogens is 3. The molecule has 0 radical (unpaired) electrons. The van der Waals surface area contributed by atoms with Crippen molar-refractivity contribution in [3.63, 3.8) is 0 Å². The molecular weight excluding hydrogens is 300 g/mol. The van der Waals surface area contributed by atoms with Crippen LogP contribution >= 0.6 is 0 Å². The predicted octanol–water partition coefficient (Wildman–Crippen LogP) is 6.66. The van der Waals surface area contributed by atoms with Gasteiger partial charge in [0.05, 0.1) is 5.56 Å². The lowest BCUT2D eigenvalue weighted by Gasteiger charge is -2.16. The van der Waals surface area contributed by atoms with E-state index in [-0.39, 0.29) is 0 Å². The van der Waals surface area contributed by atoms with Crippen LogP contribution in [0.2, 0.25) is 10.6 Å². The van der Waals surface area contributed by atoms with Gasteiger partial charge < -0.3 is 0 Å². The molecule has 0 fully saturated rings. The summed E-state index contributed by atoms with van der Waals surface area (Å²) in [6, 6.07) is 6.16. The Morgan fingerprint density at radius 2 is 1.41 bits per heavy atom. The largest absolute Gasteiger partial charge is 0.416 e. The lowest BCUT2D eigenvalue weighted by atomic mass is 10.1. The fourth-order valence-corrected chi connectivity index (χ4v) is 6.41. The maximum Gasteiger partial charge on any atom is 0.416 e. The highest BCUT2D eigenvalue weighted by atomic mass is 27.2. The number of rotatable bonds is 10. The van der Waals surface area contributed by atoms with E-state index >= 15 is 0 Å². The summed E-state index contributed by atoms with van der Waals surface area (Å²) in [6.07, 6.45) is 2.92. The second-order valence-corrected chi connectivity index (χ2v) is 9.51. The van der Waals surface area contributed by atoms with E-state index < -0.39 is 25.9 Å². The van der Waals surface area contributed by atoms with Crippen LogP contribution in [0.15, 0.2) is 24.3 Å². The summed E-state index contributed by atoms with van der Waals surface area (Å²) in [6.45, 7) is 4.35. The molecule has 0 saturated heterocycles. The maximum absolute atomic E-state index is 13.1. The highest BCUT2D eigenvalue weighted by Gasteiger charge is 2.33. The van der Waals surface area contributed by atoms with Crippen LogP contribution in [0.4, 0.5) is 13.2 Å². The molecule has 0 aliphatic rings. The molecule has 22 heavy (non-hydrogen) atoms. The van der Waals surface area contributed by atoms with Gasteiger partial charge in [0, 0.05) is 0 Å². The second kappa shape index (κ2) is 10.3. The van der Waals surface area contributed by atoms with Gasteiger partial charge in [0.2, 0.25) is 0 Å². The van der Waals surface area contributed by atoms with E-state index in [0.29, 0.717) is 10.8 Å². The van der Waals surface area contributed by atoms with Gasteiger partial charge >= 0.3 is 6.18 Å². The monoisotopic (exact) mass is 328 g/mol. The smallest absolute Gasteiger partial charge is 0.166 e. The van der Waals surface area contributed by atoms with Gasteiger partial charge in [-0.15, -0.1) is 0 Å². The molecule has 1 rings (SSSR count). The van der Waals surface area contributed by atoms with E-state index in [9.17, 15) is 13.2 Å². The second-order valence-electron chi connectivity index (χ2n) is 6.22. The Kier molecular flexibility index (Phi) is 9.21. The molecule has 0 spiro atoms. The Morgan fingerprint density at radius 1 is 0.864 bits per heavy atom. The summed E-state index contributed by atoms with van der Waals surface area (Å²) < 4.78 is 39.4. The zero-order valence-electron chi connectivity index (χ0n) is 13.9. The summed E-state index contributed by atoms with van der Waals surface area (Å²) in [5, 5.41) is 3.07. The zero-order chi connectivity index (χ0) is 16.4. The van der Waals surface area contributed by atoms with E-state index in [1.807, 2.05) is 0 Å². The Hall–Kier alpha value is -0.458. The minimum absolute atomic E-state index is 0.418. The molecule has 0 aliphatic heterocycles. The molecule has 4 heteroatoms. The van der Waals surface area contributed by atoms with Crippen LogP contribution in [0.3, 0.4) is 0 Å². The standard InChI is InChI=1S/C8H6F3.2C5H11.Al/c1-6-4-2-3-5-7(6)8(9,10)11;2*1-3-5-4-2;/h2-5H,1H2;2*1,3-5H2,2H3;. The number of unbranched alkanes of at least 4 members (excludes halogenated alkanes) is 4. The molecule has 0 aliphatic carbocycles. The quantitative estimate of drug-likeness (QED) is 0.333. The first-order valence-electron chi connectivity index (χ1n) is 8.64. The predicted molar refractivity (Wildman–Crippen MR) is 89.6 cm³/mol. The maximum atomic E-state index is 13.1. The third-order valence-electron chi connectivity index (χ3n) is 4.26. The van der Waals surface area contributed by atoms with E-state index in [1.54, 1.807) is 12.1 Å². The van der Waals surface area contributed by atoms with Gasteiger partial charge in [-0.05, 0) is 11.6 Å². The first kappa shape index (κ1) is 19.6. The van der Waals surface area contributed by atoms with Crippen molar-refractivity contribution in [2.75, 3.05) is 0 Å².